The van der Waals surface area contributed by atoms with E-state index >= 15 is 0 Å². The number of imidazole rings is 1. The highest BCUT2D eigenvalue weighted by molar-refractivity contribution is 6.30. The number of amides is 1. The van der Waals surface area contributed by atoms with E-state index in [9.17, 15) is 4.79 Å². The number of nitrogens with zero attached hydrogens (tertiary/aromatic N) is 3. The van der Waals surface area contributed by atoms with Gasteiger partial charge in [-0.2, -0.15) is 0 Å². The van der Waals surface area contributed by atoms with Crippen molar-refractivity contribution in [1.82, 2.24) is 9.55 Å². The summed E-state index contributed by atoms with van der Waals surface area (Å²) in [6.07, 6.45) is 1.30. The van der Waals surface area contributed by atoms with Crippen LogP contribution in [-0.4, -0.2) is 28.6 Å². The smallest absolute Gasteiger partial charge is 0.227 e. The van der Waals surface area contributed by atoms with Gasteiger partial charge in [0, 0.05) is 36.1 Å². The zero-order chi connectivity index (χ0) is 23.7. The average molecular weight is 474 g/mol. The number of hydrogen-bond donors (Lipinski definition) is 0. The SMILES string of the molecule is Cc1ccc(OCCCn2c(C3CC(=O)N(c4ccc(Cl)cc4)C3)nc3ccccc32)cc1C. The predicted octanol–water partition coefficient (Wildman–Crippen LogP) is 6.30. The quantitative estimate of drug-likeness (QED) is 0.296. The van der Waals surface area contributed by atoms with Crippen molar-refractivity contribution in [2.24, 2.45) is 0 Å². The molecule has 3 aromatic carbocycles. The number of carbonyl (C=O) groups excluding carboxylic acids is 1. The minimum absolute atomic E-state index is 0.0382. The molecule has 6 heteroatoms. The molecule has 1 amide bonds. The van der Waals surface area contributed by atoms with E-state index in [2.05, 4.69) is 36.6 Å². The number of rotatable bonds is 7. The van der Waals surface area contributed by atoms with Gasteiger partial charge in [-0.25, -0.2) is 4.98 Å². The van der Waals surface area contributed by atoms with E-state index in [0.29, 0.717) is 24.6 Å². The van der Waals surface area contributed by atoms with Crippen molar-refractivity contribution < 1.29 is 9.53 Å². The minimum atomic E-state index is 0.0382. The predicted molar refractivity (Wildman–Crippen MR) is 137 cm³/mol. The third-order valence-electron chi connectivity index (χ3n) is 6.59. The van der Waals surface area contributed by atoms with Crippen LogP contribution in [-0.2, 0) is 11.3 Å². The second-order valence-corrected chi connectivity index (χ2v) is 9.38. The monoisotopic (exact) mass is 473 g/mol. The van der Waals surface area contributed by atoms with Crippen molar-refractivity contribution in [3.8, 4) is 5.75 Å². The van der Waals surface area contributed by atoms with E-state index in [1.165, 1.54) is 11.1 Å². The number of halogens is 1. The molecular weight excluding hydrogens is 446 g/mol. The summed E-state index contributed by atoms with van der Waals surface area (Å²) in [5.74, 6) is 2.02. The third kappa shape index (κ3) is 4.53. The fraction of sp³-hybridized carbons (Fsp3) is 0.286. The molecule has 5 nitrogen and oxygen atoms in total. The summed E-state index contributed by atoms with van der Waals surface area (Å²) in [7, 11) is 0. The first-order chi connectivity index (χ1) is 16.5. The van der Waals surface area contributed by atoms with Crippen molar-refractivity contribution in [2.75, 3.05) is 18.1 Å². The van der Waals surface area contributed by atoms with Crippen LogP contribution in [0.25, 0.3) is 11.0 Å². The highest BCUT2D eigenvalue weighted by Gasteiger charge is 2.34. The van der Waals surface area contributed by atoms with E-state index in [-0.39, 0.29) is 11.8 Å². The van der Waals surface area contributed by atoms with Crippen LogP contribution < -0.4 is 9.64 Å². The summed E-state index contributed by atoms with van der Waals surface area (Å²) in [6, 6.07) is 21.8. The van der Waals surface area contributed by atoms with Gasteiger partial charge < -0.3 is 14.2 Å². The average Bonchev–Trinajstić information content (AvgIpc) is 3.40. The fourth-order valence-electron chi connectivity index (χ4n) is 4.61. The van der Waals surface area contributed by atoms with Gasteiger partial charge in [0.05, 0.1) is 17.6 Å². The van der Waals surface area contributed by atoms with E-state index in [0.717, 1.165) is 41.3 Å². The van der Waals surface area contributed by atoms with Crippen LogP contribution in [0.1, 0.15) is 35.7 Å². The Morgan fingerprint density at radius 1 is 1.03 bits per heavy atom. The molecule has 1 aliphatic rings. The van der Waals surface area contributed by atoms with Gasteiger partial charge in [0.25, 0.3) is 0 Å². The molecule has 0 spiro atoms. The number of carbonyl (C=O) groups is 1. The lowest BCUT2D eigenvalue weighted by Gasteiger charge is -2.17. The second kappa shape index (κ2) is 9.51. The van der Waals surface area contributed by atoms with E-state index < -0.39 is 0 Å². The van der Waals surface area contributed by atoms with Gasteiger partial charge in [0.2, 0.25) is 5.91 Å². The normalized spacial score (nSPS) is 15.9. The van der Waals surface area contributed by atoms with Gasteiger partial charge in [-0.3, -0.25) is 4.79 Å². The lowest BCUT2D eigenvalue weighted by molar-refractivity contribution is -0.117. The lowest BCUT2D eigenvalue weighted by atomic mass is 10.1. The maximum absolute atomic E-state index is 12.9. The Hall–Kier alpha value is -3.31. The van der Waals surface area contributed by atoms with Crippen molar-refractivity contribution >= 4 is 34.2 Å². The van der Waals surface area contributed by atoms with Crippen LogP contribution in [0.4, 0.5) is 5.69 Å². The first kappa shape index (κ1) is 22.5. The molecule has 1 fully saturated rings. The number of benzene rings is 3. The highest BCUT2D eigenvalue weighted by atomic mass is 35.5. The minimum Gasteiger partial charge on any atom is -0.494 e. The molecule has 0 N–H and O–H groups in total. The van der Waals surface area contributed by atoms with E-state index in [1.807, 2.05) is 53.4 Å². The molecular formula is C28H28ClN3O2. The molecule has 0 radical (unpaired) electrons. The molecule has 0 aliphatic carbocycles. The van der Waals surface area contributed by atoms with Gasteiger partial charge in [-0.1, -0.05) is 29.8 Å². The Bertz CT molecular complexity index is 1330. The zero-order valence-electron chi connectivity index (χ0n) is 19.5. The molecule has 1 unspecified atom stereocenters. The maximum atomic E-state index is 12.9. The van der Waals surface area contributed by atoms with Crippen LogP contribution in [0.15, 0.2) is 66.7 Å². The maximum Gasteiger partial charge on any atom is 0.227 e. The van der Waals surface area contributed by atoms with Crippen LogP contribution in [0.2, 0.25) is 5.02 Å². The lowest BCUT2D eigenvalue weighted by Crippen LogP contribution is -2.24. The van der Waals surface area contributed by atoms with Gasteiger partial charge in [-0.15, -0.1) is 0 Å². The van der Waals surface area contributed by atoms with Gasteiger partial charge in [-0.05, 0) is 79.9 Å². The van der Waals surface area contributed by atoms with Crippen molar-refractivity contribution in [3.63, 3.8) is 0 Å². The third-order valence-corrected chi connectivity index (χ3v) is 6.84. The van der Waals surface area contributed by atoms with Gasteiger partial charge >= 0.3 is 0 Å². The molecule has 1 atom stereocenters. The molecule has 0 saturated carbocycles. The number of fused-ring (bicyclic) bond motifs is 1. The molecule has 0 bridgehead atoms. The van der Waals surface area contributed by atoms with Gasteiger partial charge in [0.1, 0.15) is 11.6 Å². The van der Waals surface area contributed by atoms with Crippen LogP contribution in [0, 0.1) is 13.8 Å². The first-order valence-electron chi connectivity index (χ1n) is 11.7. The number of aryl methyl sites for hydroxylation is 3. The van der Waals surface area contributed by atoms with Crippen molar-refractivity contribution in [2.45, 2.75) is 39.2 Å². The number of para-hydroxylation sites is 2. The summed E-state index contributed by atoms with van der Waals surface area (Å²) in [5.41, 5.74) is 5.43. The van der Waals surface area contributed by atoms with Crippen LogP contribution in [0.5, 0.6) is 5.75 Å². The Kier molecular flexibility index (Phi) is 6.29. The second-order valence-electron chi connectivity index (χ2n) is 8.94. The summed E-state index contributed by atoms with van der Waals surface area (Å²) < 4.78 is 8.28. The van der Waals surface area contributed by atoms with E-state index in [1.54, 1.807) is 0 Å². The Morgan fingerprint density at radius 2 is 1.82 bits per heavy atom. The topological polar surface area (TPSA) is 47.4 Å². The Labute approximate surface area is 204 Å². The summed E-state index contributed by atoms with van der Waals surface area (Å²) in [4.78, 5) is 19.7. The molecule has 5 rings (SSSR count). The Morgan fingerprint density at radius 3 is 2.62 bits per heavy atom. The largest absolute Gasteiger partial charge is 0.494 e. The first-order valence-corrected chi connectivity index (χ1v) is 12.1. The van der Waals surface area contributed by atoms with Gasteiger partial charge in [0.15, 0.2) is 0 Å². The van der Waals surface area contributed by atoms with Crippen molar-refractivity contribution in [1.29, 1.82) is 0 Å². The molecule has 1 aliphatic heterocycles. The standard InChI is InChI=1S/C28H28ClN3O2/c1-19-8-13-24(16-20(19)2)34-15-5-14-31-26-7-4-3-6-25(26)30-28(31)21-17-27(33)32(18-21)23-11-9-22(29)10-12-23/h3-4,6-13,16,21H,5,14-15,17-18H2,1-2H3. The number of aromatic nitrogens is 2. The van der Waals surface area contributed by atoms with Crippen LogP contribution in [0.3, 0.4) is 0 Å². The summed E-state index contributed by atoms with van der Waals surface area (Å²) in [5, 5.41) is 0.664. The Balaban J connectivity index is 1.33. The molecule has 1 saturated heterocycles. The van der Waals surface area contributed by atoms with Crippen molar-refractivity contribution in [3.05, 3.63) is 88.7 Å². The summed E-state index contributed by atoms with van der Waals surface area (Å²) >= 11 is 6.03. The van der Waals surface area contributed by atoms with Crippen LogP contribution >= 0.6 is 11.6 Å². The highest BCUT2D eigenvalue weighted by Crippen LogP contribution is 2.33. The van der Waals surface area contributed by atoms with E-state index in [4.69, 9.17) is 21.3 Å². The molecule has 174 valence electrons. The fourth-order valence-corrected chi connectivity index (χ4v) is 4.73. The number of hydrogen-bond acceptors (Lipinski definition) is 3. The molecule has 2 heterocycles. The molecule has 34 heavy (non-hydrogen) atoms. The zero-order valence-corrected chi connectivity index (χ0v) is 20.3. The molecule has 4 aromatic rings. The number of anilines is 1. The molecule has 1 aromatic heterocycles. The summed E-state index contributed by atoms with van der Waals surface area (Å²) in [6.45, 7) is 6.22. The number of ether oxygens (including phenoxy) is 1.